The molecular weight excluding hydrogens is 458 g/mol. The number of benzene rings is 2. The fraction of sp³-hybridized carbons (Fsp3) is 0.304. The number of anilines is 1. The predicted octanol–water partition coefficient (Wildman–Crippen LogP) is 6.05. The molecule has 0 unspecified atom stereocenters. The molecule has 2 aromatic carbocycles. The Balaban J connectivity index is 1.33. The summed E-state index contributed by atoms with van der Waals surface area (Å²) in [5, 5.41) is 12.4. The summed E-state index contributed by atoms with van der Waals surface area (Å²) in [6.07, 6.45) is 0. The van der Waals surface area contributed by atoms with Crippen molar-refractivity contribution in [1.82, 2.24) is 19.7 Å². The van der Waals surface area contributed by atoms with Crippen LogP contribution in [0.2, 0.25) is 0 Å². The number of rotatable bonds is 9. The van der Waals surface area contributed by atoms with Crippen LogP contribution < -0.4 is 5.32 Å². The van der Waals surface area contributed by atoms with Gasteiger partial charge in [0.2, 0.25) is 5.91 Å². The topological polar surface area (TPSA) is 72.7 Å². The van der Waals surface area contributed by atoms with Crippen LogP contribution in [0.4, 0.5) is 5.69 Å². The number of carbonyl (C=O) groups excluding carboxylic acids is 1. The van der Waals surface area contributed by atoms with Crippen molar-refractivity contribution in [3.05, 3.63) is 59.9 Å². The van der Waals surface area contributed by atoms with Gasteiger partial charge in [-0.25, -0.2) is 4.98 Å². The Kier molecular flexibility index (Phi) is 7.49. The molecule has 0 aliphatic heterocycles. The van der Waals surface area contributed by atoms with Crippen LogP contribution in [0.25, 0.3) is 10.2 Å². The number of aromatic nitrogens is 4. The molecule has 0 spiro atoms. The summed E-state index contributed by atoms with van der Waals surface area (Å²) in [6, 6.07) is 16.2. The van der Waals surface area contributed by atoms with Gasteiger partial charge in [0.1, 0.15) is 5.82 Å². The summed E-state index contributed by atoms with van der Waals surface area (Å²) in [6.45, 7) is 7.12. The van der Waals surface area contributed by atoms with Crippen molar-refractivity contribution in [3.63, 3.8) is 0 Å². The highest BCUT2D eigenvalue weighted by Gasteiger charge is 2.15. The van der Waals surface area contributed by atoms with E-state index in [4.69, 9.17) is 0 Å². The van der Waals surface area contributed by atoms with Crippen molar-refractivity contribution in [2.45, 2.75) is 48.5 Å². The lowest BCUT2D eigenvalue weighted by molar-refractivity contribution is -0.113. The molecule has 0 saturated carbocycles. The first kappa shape index (κ1) is 22.8. The molecule has 32 heavy (non-hydrogen) atoms. The van der Waals surface area contributed by atoms with Crippen molar-refractivity contribution in [3.8, 4) is 0 Å². The van der Waals surface area contributed by atoms with Crippen LogP contribution in [0.3, 0.4) is 0 Å². The van der Waals surface area contributed by atoms with Crippen LogP contribution in [0.1, 0.15) is 38.1 Å². The first-order valence-electron chi connectivity index (χ1n) is 10.5. The van der Waals surface area contributed by atoms with Crippen LogP contribution in [0.5, 0.6) is 0 Å². The SMILES string of the molecule is CCn1c(CSc2nc3ccccc3s2)nnc1SCC(=O)Nc1ccc(C(C)C)cc1. The van der Waals surface area contributed by atoms with E-state index in [9.17, 15) is 4.79 Å². The van der Waals surface area contributed by atoms with Crippen LogP contribution in [0, 0.1) is 0 Å². The number of para-hydroxylation sites is 1. The second-order valence-corrected chi connectivity index (χ2v) is 10.7. The largest absolute Gasteiger partial charge is 0.325 e. The molecule has 2 aromatic heterocycles. The Morgan fingerprint density at radius 1 is 1.09 bits per heavy atom. The van der Waals surface area contributed by atoms with Gasteiger partial charge in [-0.05, 0) is 42.7 Å². The number of thioether (sulfide) groups is 2. The van der Waals surface area contributed by atoms with Crippen molar-refractivity contribution in [2.75, 3.05) is 11.1 Å². The smallest absolute Gasteiger partial charge is 0.234 e. The van der Waals surface area contributed by atoms with E-state index in [1.807, 2.05) is 30.3 Å². The number of carbonyl (C=O) groups is 1. The summed E-state index contributed by atoms with van der Waals surface area (Å²) in [5.74, 6) is 2.29. The molecule has 4 aromatic rings. The van der Waals surface area contributed by atoms with E-state index in [2.05, 4.69) is 64.0 Å². The fourth-order valence-corrected chi connectivity index (χ4v) is 6.00. The number of nitrogens with one attached hydrogen (secondary N) is 1. The molecule has 166 valence electrons. The van der Waals surface area contributed by atoms with Gasteiger partial charge in [0, 0.05) is 12.2 Å². The highest BCUT2D eigenvalue weighted by molar-refractivity contribution is 8.00. The van der Waals surface area contributed by atoms with Crippen molar-refractivity contribution >= 4 is 56.7 Å². The van der Waals surface area contributed by atoms with Crippen molar-refractivity contribution in [2.24, 2.45) is 0 Å². The Morgan fingerprint density at radius 3 is 2.59 bits per heavy atom. The third-order valence-electron chi connectivity index (χ3n) is 4.90. The molecule has 0 aliphatic carbocycles. The quantitative estimate of drug-likeness (QED) is 0.292. The maximum Gasteiger partial charge on any atom is 0.234 e. The second-order valence-electron chi connectivity index (χ2n) is 7.49. The lowest BCUT2D eigenvalue weighted by Crippen LogP contribution is -2.14. The number of hydrogen-bond acceptors (Lipinski definition) is 7. The summed E-state index contributed by atoms with van der Waals surface area (Å²) >= 11 is 4.77. The predicted molar refractivity (Wildman–Crippen MR) is 135 cm³/mol. The van der Waals surface area contributed by atoms with E-state index in [1.54, 1.807) is 23.1 Å². The first-order chi connectivity index (χ1) is 15.5. The molecule has 4 rings (SSSR count). The Hall–Kier alpha value is -2.36. The zero-order valence-electron chi connectivity index (χ0n) is 18.2. The van der Waals surface area contributed by atoms with Crippen molar-refractivity contribution in [1.29, 1.82) is 0 Å². The lowest BCUT2D eigenvalue weighted by atomic mass is 10.0. The zero-order valence-corrected chi connectivity index (χ0v) is 20.7. The minimum Gasteiger partial charge on any atom is -0.325 e. The minimum atomic E-state index is -0.0525. The maximum absolute atomic E-state index is 12.4. The highest BCUT2D eigenvalue weighted by atomic mass is 32.2. The minimum absolute atomic E-state index is 0.0525. The van der Waals surface area contributed by atoms with Gasteiger partial charge in [-0.2, -0.15) is 0 Å². The number of thiazole rings is 1. The monoisotopic (exact) mass is 483 g/mol. The molecule has 0 radical (unpaired) electrons. The molecular formula is C23H25N5OS3. The van der Waals surface area contributed by atoms with Crippen molar-refractivity contribution < 1.29 is 4.79 Å². The van der Waals surface area contributed by atoms with Gasteiger partial charge in [-0.1, -0.05) is 61.6 Å². The van der Waals surface area contributed by atoms with E-state index in [0.29, 0.717) is 11.7 Å². The van der Waals surface area contributed by atoms with E-state index in [1.165, 1.54) is 22.0 Å². The third-order valence-corrected chi connectivity index (χ3v) is 8.04. The number of hydrogen-bond donors (Lipinski definition) is 1. The average Bonchev–Trinajstić information content (AvgIpc) is 3.39. The Morgan fingerprint density at radius 2 is 1.88 bits per heavy atom. The standard InChI is InChI=1S/C23H25N5OS3/c1-4-28-20(13-31-23-25-18-7-5-6-8-19(18)32-23)26-27-22(28)30-14-21(29)24-17-11-9-16(10-12-17)15(2)3/h5-12,15H,4,13-14H2,1-3H3,(H,24,29). The molecule has 2 heterocycles. The van der Waals surface area contributed by atoms with Crippen LogP contribution >= 0.6 is 34.9 Å². The molecule has 0 saturated heterocycles. The summed E-state index contributed by atoms with van der Waals surface area (Å²) < 4.78 is 4.28. The summed E-state index contributed by atoms with van der Waals surface area (Å²) in [4.78, 5) is 17.1. The van der Waals surface area contributed by atoms with Gasteiger partial charge < -0.3 is 9.88 Å². The van der Waals surface area contributed by atoms with E-state index in [0.717, 1.165) is 33.1 Å². The fourth-order valence-electron chi connectivity index (χ4n) is 3.17. The molecule has 0 atom stereocenters. The summed E-state index contributed by atoms with van der Waals surface area (Å²) in [5.41, 5.74) is 3.09. The zero-order chi connectivity index (χ0) is 22.5. The second kappa shape index (κ2) is 10.5. The van der Waals surface area contributed by atoms with E-state index >= 15 is 0 Å². The summed E-state index contributed by atoms with van der Waals surface area (Å²) in [7, 11) is 0. The molecule has 9 heteroatoms. The Labute approximate surface area is 200 Å². The van der Waals surface area contributed by atoms with E-state index in [-0.39, 0.29) is 11.7 Å². The Bertz CT molecular complexity index is 1170. The lowest BCUT2D eigenvalue weighted by Gasteiger charge is -2.09. The third kappa shape index (κ3) is 5.51. The van der Waals surface area contributed by atoms with E-state index < -0.39 is 0 Å². The molecule has 6 nitrogen and oxygen atoms in total. The number of fused-ring (bicyclic) bond motifs is 1. The normalized spacial score (nSPS) is 11.4. The average molecular weight is 484 g/mol. The van der Waals surface area contributed by atoms with Crippen LogP contribution in [0.15, 0.2) is 58.0 Å². The highest BCUT2D eigenvalue weighted by Crippen LogP contribution is 2.31. The van der Waals surface area contributed by atoms with Gasteiger partial charge in [-0.3, -0.25) is 4.79 Å². The molecule has 0 fully saturated rings. The number of amides is 1. The van der Waals surface area contributed by atoms with Crippen LogP contribution in [-0.2, 0) is 17.1 Å². The molecule has 0 aliphatic rings. The van der Waals surface area contributed by atoms with Gasteiger partial charge in [0.15, 0.2) is 9.50 Å². The maximum atomic E-state index is 12.4. The molecule has 1 N–H and O–H groups in total. The van der Waals surface area contributed by atoms with Crippen LogP contribution in [-0.4, -0.2) is 31.4 Å². The molecule has 0 bridgehead atoms. The number of nitrogens with zero attached hydrogens (tertiary/aromatic N) is 4. The molecule has 1 amide bonds. The van der Waals surface area contributed by atoms with Gasteiger partial charge >= 0.3 is 0 Å². The van der Waals surface area contributed by atoms with Gasteiger partial charge in [-0.15, -0.1) is 21.5 Å². The first-order valence-corrected chi connectivity index (χ1v) is 13.2. The van der Waals surface area contributed by atoms with Gasteiger partial charge in [0.25, 0.3) is 0 Å². The van der Waals surface area contributed by atoms with Gasteiger partial charge in [0.05, 0.1) is 21.7 Å².